The van der Waals surface area contributed by atoms with Gasteiger partial charge in [-0.15, -0.1) is 0 Å². The third kappa shape index (κ3) is 3.01. The van der Waals surface area contributed by atoms with Crippen LogP contribution < -0.4 is 10.6 Å². The van der Waals surface area contributed by atoms with E-state index in [1.807, 2.05) is 35.7 Å². The topological polar surface area (TPSA) is 46.6 Å². The molecular formula is C13H18F2N4. The van der Waals surface area contributed by atoms with Gasteiger partial charge in [-0.1, -0.05) is 6.07 Å². The Morgan fingerprint density at radius 1 is 1.42 bits per heavy atom. The zero-order valence-corrected chi connectivity index (χ0v) is 11.1. The van der Waals surface area contributed by atoms with Crippen LogP contribution in [-0.2, 0) is 6.42 Å². The monoisotopic (exact) mass is 268 g/mol. The molecule has 2 N–H and O–H groups in total. The number of rotatable bonds is 5. The fraction of sp³-hybridized carbons (Fsp3) is 0.462. The number of halogens is 2. The summed E-state index contributed by atoms with van der Waals surface area (Å²) >= 11 is 0. The average molecular weight is 268 g/mol. The lowest BCUT2D eigenvalue weighted by Crippen LogP contribution is -2.27. The minimum Gasteiger partial charge on any atom is -0.352 e. The van der Waals surface area contributed by atoms with Crippen molar-refractivity contribution in [3.05, 3.63) is 30.1 Å². The van der Waals surface area contributed by atoms with Crippen molar-refractivity contribution in [2.75, 3.05) is 18.5 Å². The number of hydrogen-bond acceptors (Lipinski definition) is 3. The van der Waals surface area contributed by atoms with E-state index in [1.54, 1.807) is 7.05 Å². The molecule has 1 atom stereocenters. The van der Waals surface area contributed by atoms with Crippen molar-refractivity contribution in [2.45, 2.75) is 25.8 Å². The molecule has 6 heteroatoms. The Balaban J connectivity index is 2.46. The molecule has 0 spiro atoms. The largest absolute Gasteiger partial charge is 0.352 e. The fourth-order valence-electron chi connectivity index (χ4n) is 2.13. The number of fused-ring (bicyclic) bond motifs is 1. The van der Waals surface area contributed by atoms with Crippen LogP contribution >= 0.6 is 0 Å². The van der Waals surface area contributed by atoms with Crippen molar-refractivity contribution in [1.82, 2.24) is 9.38 Å². The molecule has 0 bridgehead atoms. The number of imidazole rings is 1. The molecule has 2 rings (SSSR count). The van der Waals surface area contributed by atoms with E-state index in [2.05, 4.69) is 4.98 Å². The molecule has 0 aromatic carbocycles. The second kappa shape index (κ2) is 5.52. The Hall–Kier alpha value is -1.69. The van der Waals surface area contributed by atoms with E-state index < -0.39 is 6.43 Å². The second-order valence-corrected chi connectivity index (χ2v) is 4.76. The highest BCUT2D eigenvalue weighted by Crippen LogP contribution is 2.22. The molecule has 0 aliphatic rings. The van der Waals surface area contributed by atoms with E-state index in [0.29, 0.717) is 12.2 Å². The van der Waals surface area contributed by atoms with Gasteiger partial charge in [0.2, 0.25) is 0 Å². The van der Waals surface area contributed by atoms with Crippen molar-refractivity contribution in [3.8, 4) is 0 Å². The van der Waals surface area contributed by atoms with Gasteiger partial charge in [0, 0.05) is 25.7 Å². The van der Waals surface area contributed by atoms with Gasteiger partial charge in [-0.05, 0) is 19.1 Å². The Morgan fingerprint density at radius 2 is 2.16 bits per heavy atom. The van der Waals surface area contributed by atoms with Gasteiger partial charge in [-0.3, -0.25) is 0 Å². The van der Waals surface area contributed by atoms with Crippen LogP contribution in [0.4, 0.5) is 14.6 Å². The van der Waals surface area contributed by atoms with Gasteiger partial charge in [-0.25, -0.2) is 13.8 Å². The Bertz CT molecular complexity index is 551. The molecule has 0 fully saturated rings. The molecule has 19 heavy (non-hydrogen) atoms. The SMILES string of the molecule is CC(N)Cc1c(N(C)CC(F)F)nc2ccccn12. The summed E-state index contributed by atoms with van der Waals surface area (Å²) < 4.78 is 26.9. The van der Waals surface area contributed by atoms with Crippen molar-refractivity contribution in [3.63, 3.8) is 0 Å². The van der Waals surface area contributed by atoms with Crippen LogP contribution in [0.5, 0.6) is 0 Å². The average Bonchev–Trinajstić information content (AvgIpc) is 2.67. The first-order valence-corrected chi connectivity index (χ1v) is 6.20. The van der Waals surface area contributed by atoms with Gasteiger partial charge in [0.1, 0.15) is 5.65 Å². The van der Waals surface area contributed by atoms with Crippen molar-refractivity contribution in [2.24, 2.45) is 5.73 Å². The van der Waals surface area contributed by atoms with Gasteiger partial charge >= 0.3 is 0 Å². The zero-order chi connectivity index (χ0) is 14.0. The van der Waals surface area contributed by atoms with Crippen molar-refractivity contribution < 1.29 is 8.78 Å². The third-order valence-corrected chi connectivity index (χ3v) is 2.90. The van der Waals surface area contributed by atoms with E-state index in [4.69, 9.17) is 5.73 Å². The molecule has 0 aliphatic carbocycles. The van der Waals surface area contributed by atoms with Crippen LogP contribution in [-0.4, -0.2) is 35.4 Å². The smallest absolute Gasteiger partial charge is 0.255 e. The number of nitrogens with two attached hydrogens (primary N) is 1. The van der Waals surface area contributed by atoms with Gasteiger partial charge in [0.05, 0.1) is 12.2 Å². The second-order valence-electron chi connectivity index (χ2n) is 4.76. The summed E-state index contributed by atoms with van der Waals surface area (Å²) in [6, 6.07) is 5.55. The van der Waals surface area contributed by atoms with Crippen molar-refractivity contribution >= 4 is 11.5 Å². The van der Waals surface area contributed by atoms with E-state index in [0.717, 1.165) is 11.3 Å². The van der Waals surface area contributed by atoms with E-state index in [-0.39, 0.29) is 12.6 Å². The number of anilines is 1. The predicted molar refractivity (Wildman–Crippen MR) is 71.8 cm³/mol. The number of aromatic nitrogens is 2. The van der Waals surface area contributed by atoms with E-state index in [1.165, 1.54) is 4.90 Å². The van der Waals surface area contributed by atoms with Gasteiger partial charge in [0.15, 0.2) is 5.82 Å². The maximum absolute atomic E-state index is 12.5. The van der Waals surface area contributed by atoms with E-state index >= 15 is 0 Å². The van der Waals surface area contributed by atoms with Crippen LogP contribution in [0.3, 0.4) is 0 Å². The molecule has 0 saturated heterocycles. The van der Waals surface area contributed by atoms with Crippen LogP contribution in [0, 0.1) is 0 Å². The van der Waals surface area contributed by atoms with Gasteiger partial charge in [0.25, 0.3) is 6.43 Å². The maximum atomic E-state index is 12.5. The zero-order valence-electron chi connectivity index (χ0n) is 11.1. The summed E-state index contributed by atoms with van der Waals surface area (Å²) in [7, 11) is 1.62. The first-order chi connectivity index (χ1) is 8.99. The van der Waals surface area contributed by atoms with Crippen LogP contribution in [0.2, 0.25) is 0 Å². The normalized spacial score (nSPS) is 13.2. The first-order valence-electron chi connectivity index (χ1n) is 6.20. The molecule has 0 amide bonds. The van der Waals surface area contributed by atoms with Gasteiger partial charge in [-0.2, -0.15) is 0 Å². The molecule has 4 nitrogen and oxygen atoms in total. The third-order valence-electron chi connectivity index (χ3n) is 2.90. The van der Waals surface area contributed by atoms with Gasteiger partial charge < -0.3 is 15.0 Å². The molecule has 1 unspecified atom stereocenters. The van der Waals surface area contributed by atoms with Crippen LogP contribution in [0.25, 0.3) is 5.65 Å². The van der Waals surface area contributed by atoms with Crippen molar-refractivity contribution in [1.29, 1.82) is 0 Å². The summed E-state index contributed by atoms with van der Waals surface area (Å²) in [5, 5.41) is 0. The molecule has 0 aliphatic heterocycles. The summed E-state index contributed by atoms with van der Waals surface area (Å²) in [4.78, 5) is 5.90. The molecule has 0 radical (unpaired) electrons. The summed E-state index contributed by atoms with van der Waals surface area (Å²) in [5.41, 5.74) is 7.45. The highest BCUT2D eigenvalue weighted by molar-refractivity contribution is 5.55. The predicted octanol–water partition coefficient (Wildman–Crippen LogP) is 1.93. The highest BCUT2D eigenvalue weighted by Gasteiger charge is 2.18. The Labute approximate surface area is 110 Å². The number of pyridine rings is 1. The Morgan fingerprint density at radius 3 is 2.79 bits per heavy atom. The minimum absolute atomic E-state index is 0.0567. The molecule has 104 valence electrons. The molecular weight excluding hydrogens is 250 g/mol. The lowest BCUT2D eigenvalue weighted by molar-refractivity contribution is 0.156. The molecule has 2 aromatic rings. The lowest BCUT2D eigenvalue weighted by atomic mass is 10.2. The summed E-state index contributed by atoms with van der Waals surface area (Å²) in [6.07, 6.45) is 0.0753. The fourth-order valence-corrected chi connectivity index (χ4v) is 2.13. The highest BCUT2D eigenvalue weighted by atomic mass is 19.3. The molecule has 2 aromatic heterocycles. The summed E-state index contributed by atoms with van der Waals surface area (Å²) in [6.45, 7) is 1.55. The number of hydrogen-bond donors (Lipinski definition) is 1. The first kappa shape index (κ1) is 13.7. The number of alkyl halides is 2. The minimum atomic E-state index is -2.39. The standard InChI is InChI=1S/C13H18F2N4/c1-9(16)7-10-13(18(2)8-11(14)15)17-12-5-3-4-6-19(10)12/h3-6,9,11H,7-8,16H2,1-2H3. The summed E-state index contributed by atoms with van der Waals surface area (Å²) in [5.74, 6) is 0.573. The van der Waals surface area contributed by atoms with E-state index in [9.17, 15) is 8.78 Å². The Kier molecular flexibility index (Phi) is 3.99. The quantitative estimate of drug-likeness (QED) is 0.901. The number of nitrogens with zero attached hydrogens (tertiary/aromatic N) is 3. The van der Waals surface area contributed by atoms with Crippen LogP contribution in [0.1, 0.15) is 12.6 Å². The van der Waals surface area contributed by atoms with Crippen LogP contribution in [0.15, 0.2) is 24.4 Å². The lowest BCUT2D eigenvalue weighted by Gasteiger charge is -2.18. The maximum Gasteiger partial charge on any atom is 0.255 e. The molecule has 2 heterocycles. The molecule has 0 saturated carbocycles.